The molecule has 29 heavy (non-hydrogen) atoms. The van der Waals surface area contributed by atoms with Crippen LogP contribution in [-0.4, -0.2) is 46.3 Å². The van der Waals surface area contributed by atoms with Gasteiger partial charge in [0.15, 0.2) is 5.69 Å². The number of nitrogens with zero attached hydrogens (tertiary/aromatic N) is 3. The van der Waals surface area contributed by atoms with Crippen LogP contribution in [0.5, 0.6) is 0 Å². The van der Waals surface area contributed by atoms with Gasteiger partial charge in [0.2, 0.25) is 5.91 Å². The minimum absolute atomic E-state index is 0.0230. The van der Waals surface area contributed by atoms with Gasteiger partial charge in [-0.1, -0.05) is 5.57 Å². The van der Waals surface area contributed by atoms with Gasteiger partial charge < -0.3 is 9.64 Å². The van der Waals surface area contributed by atoms with Crippen LogP contribution in [0.15, 0.2) is 42.0 Å². The Morgan fingerprint density at radius 2 is 1.86 bits per heavy atom. The van der Waals surface area contributed by atoms with E-state index in [2.05, 4.69) is 5.10 Å². The van der Waals surface area contributed by atoms with Gasteiger partial charge >= 0.3 is 5.97 Å². The summed E-state index contributed by atoms with van der Waals surface area (Å²) in [4.78, 5) is 26.3. The standard InChI is InChI=1S/C22H26FN3O3/c1-4-29-22(28)19-14-20(16-5-7-17(23)8-6-16)26(24-19)18-9-11-25(12-10-18)21(27)13-15(2)3/h5-8,13-14,18H,4,9-12H2,1-3H3. The Bertz CT molecular complexity index is 906. The summed E-state index contributed by atoms with van der Waals surface area (Å²) >= 11 is 0. The van der Waals surface area contributed by atoms with E-state index in [1.54, 1.807) is 31.2 Å². The van der Waals surface area contributed by atoms with Crippen LogP contribution in [0.4, 0.5) is 4.39 Å². The molecule has 0 spiro atoms. The number of benzene rings is 1. The average Bonchev–Trinajstić information content (AvgIpc) is 3.14. The van der Waals surface area contributed by atoms with Gasteiger partial charge in [-0.05, 0) is 63.9 Å². The molecule has 1 aromatic carbocycles. The molecule has 0 atom stereocenters. The fourth-order valence-corrected chi connectivity index (χ4v) is 3.48. The summed E-state index contributed by atoms with van der Waals surface area (Å²) in [7, 11) is 0. The number of likely N-dealkylation sites (tertiary alicyclic amines) is 1. The molecule has 0 saturated carbocycles. The third-order valence-corrected chi connectivity index (χ3v) is 4.89. The highest BCUT2D eigenvalue weighted by Gasteiger charge is 2.27. The van der Waals surface area contributed by atoms with Crippen molar-refractivity contribution in [2.45, 2.75) is 39.7 Å². The maximum atomic E-state index is 13.4. The van der Waals surface area contributed by atoms with Gasteiger partial charge in [0.1, 0.15) is 5.82 Å². The summed E-state index contributed by atoms with van der Waals surface area (Å²) in [6, 6.07) is 7.84. The van der Waals surface area contributed by atoms with E-state index >= 15 is 0 Å². The average molecular weight is 399 g/mol. The highest BCUT2D eigenvalue weighted by Crippen LogP contribution is 2.30. The molecule has 6 nitrogen and oxygen atoms in total. The predicted molar refractivity (Wildman–Crippen MR) is 108 cm³/mol. The molecule has 0 N–H and O–H groups in total. The van der Waals surface area contributed by atoms with Crippen LogP contribution in [-0.2, 0) is 9.53 Å². The van der Waals surface area contributed by atoms with Gasteiger partial charge in [-0.25, -0.2) is 9.18 Å². The predicted octanol–water partition coefficient (Wildman–Crippen LogP) is 4.00. The number of amides is 1. The normalized spacial score (nSPS) is 14.6. The third-order valence-electron chi connectivity index (χ3n) is 4.89. The first kappa shape index (κ1) is 20.8. The molecule has 0 unspecified atom stereocenters. The highest BCUT2D eigenvalue weighted by molar-refractivity contribution is 5.89. The van der Waals surface area contributed by atoms with E-state index < -0.39 is 5.97 Å². The van der Waals surface area contributed by atoms with Gasteiger partial charge in [-0.3, -0.25) is 9.48 Å². The molecular formula is C22H26FN3O3. The zero-order valence-corrected chi connectivity index (χ0v) is 17.0. The number of esters is 1. The number of carbonyl (C=O) groups is 2. The third kappa shape index (κ3) is 4.91. The highest BCUT2D eigenvalue weighted by atomic mass is 19.1. The van der Waals surface area contributed by atoms with Crippen LogP contribution in [0.1, 0.15) is 50.1 Å². The Balaban J connectivity index is 1.86. The van der Waals surface area contributed by atoms with E-state index in [1.165, 1.54) is 12.1 Å². The van der Waals surface area contributed by atoms with Gasteiger partial charge in [0.25, 0.3) is 0 Å². The first-order valence-electron chi connectivity index (χ1n) is 9.85. The maximum Gasteiger partial charge on any atom is 0.358 e. The Labute approximate surface area is 170 Å². The fourth-order valence-electron chi connectivity index (χ4n) is 3.48. The SMILES string of the molecule is CCOC(=O)c1cc(-c2ccc(F)cc2)n(C2CCN(C(=O)C=C(C)C)CC2)n1. The Morgan fingerprint density at radius 1 is 1.21 bits per heavy atom. The molecule has 1 fully saturated rings. The molecule has 1 aromatic heterocycles. The van der Waals surface area contributed by atoms with Gasteiger partial charge in [-0.2, -0.15) is 5.10 Å². The van der Waals surface area contributed by atoms with Crippen molar-refractivity contribution < 1.29 is 18.7 Å². The van der Waals surface area contributed by atoms with E-state index in [1.807, 2.05) is 23.4 Å². The Morgan fingerprint density at radius 3 is 2.45 bits per heavy atom. The van der Waals surface area contributed by atoms with Crippen molar-refractivity contribution in [1.82, 2.24) is 14.7 Å². The molecule has 7 heteroatoms. The number of allylic oxidation sites excluding steroid dienone is 1. The van der Waals surface area contributed by atoms with Crippen molar-refractivity contribution in [2.75, 3.05) is 19.7 Å². The number of hydrogen-bond acceptors (Lipinski definition) is 4. The molecule has 3 rings (SSSR count). The molecular weight excluding hydrogens is 373 g/mol. The van der Waals surface area contributed by atoms with E-state index in [9.17, 15) is 14.0 Å². The van der Waals surface area contributed by atoms with Crippen molar-refractivity contribution >= 4 is 11.9 Å². The second kappa shape index (κ2) is 9.03. The molecule has 1 amide bonds. The van der Waals surface area contributed by atoms with Gasteiger partial charge in [0, 0.05) is 24.7 Å². The largest absolute Gasteiger partial charge is 0.461 e. The number of ether oxygens (including phenoxy) is 1. The number of carbonyl (C=O) groups excluding carboxylic acids is 2. The molecule has 0 radical (unpaired) electrons. The van der Waals surface area contributed by atoms with Crippen LogP contribution in [0.3, 0.4) is 0 Å². The fraction of sp³-hybridized carbons (Fsp3) is 0.409. The lowest BCUT2D eigenvalue weighted by Gasteiger charge is -2.32. The van der Waals surface area contributed by atoms with E-state index in [4.69, 9.17) is 4.74 Å². The van der Waals surface area contributed by atoms with Crippen LogP contribution < -0.4 is 0 Å². The summed E-state index contributed by atoms with van der Waals surface area (Å²) in [5.74, 6) is -0.780. The smallest absolute Gasteiger partial charge is 0.358 e. The van der Waals surface area contributed by atoms with E-state index in [0.717, 1.165) is 29.7 Å². The van der Waals surface area contributed by atoms with Crippen LogP contribution in [0.2, 0.25) is 0 Å². The molecule has 154 valence electrons. The van der Waals surface area contributed by atoms with Crippen molar-refractivity contribution in [3.05, 3.63) is 53.5 Å². The minimum Gasteiger partial charge on any atom is -0.461 e. The van der Waals surface area contributed by atoms with E-state index in [0.29, 0.717) is 13.1 Å². The van der Waals surface area contributed by atoms with Crippen LogP contribution in [0, 0.1) is 5.82 Å². The molecule has 1 aliphatic rings. The van der Waals surface area contributed by atoms with Crippen LogP contribution >= 0.6 is 0 Å². The summed E-state index contributed by atoms with van der Waals surface area (Å²) in [5.41, 5.74) is 2.72. The summed E-state index contributed by atoms with van der Waals surface area (Å²) < 4.78 is 20.3. The lowest BCUT2D eigenvalue weighted by molar-refractivity contribution is -0.127. The van der Waals surface area contributed by atoms with Crippen molar-refractivity contribution in [2.24, 2.45) is 0 Å². The Kier molecular flexibility index (Phi) is 6.46. The van der Waals surface area contributed by atoms with E-state index in [-0.39, 0.29) is 30.1 Å². The van der Waals surface area contributed by atoms with Crippen molar-refractivity contribution in [3.8, 4) is 11.3 Å². The minimum atomic E-state index is -0.481. The second-order valence-corrected chi connectivity index (χ2v) is 7.36. The van der Waals surface area contributed by atoms with Gasteiger partial charge in [0.05, 0.1) is 18.3 Å². The molecule has 0 bridgehead atoms. The summed E-state index contributed by atoms with van der Waals surface area (Å²) in [6.45, 7) is 7.05. The quantitative estimate of drug-likeness (QED) is 0.563. The number of rotatable bonds is 5. The van der Waals surface area contributed by atoms with Crippen molar-refractivity contribution in [1.29, 1.82) is 0 Å². The molecule has 1 saturated heterocycles. The monoisotopic (exact) mass is 399 g/mol. The second-order valence-electron chi connectivity index (χ2n) is 7.36. The molecule has 0 aliphatic carbocycles. The zero-order valence-electron chi connectivity index (χ0n) is 17.0. The number of hydrogen-bond donors (Lipinski definition) is 0. The Hall–Kier alpha value is -2.96. The maximum absolute atomic E-state index is 13.4. The first-order chi connectivity index (χ1) is 13.9. The molecule has 1 aliphatic heterocycles. The summed E-state index contributed by atoms with van der Waals surface area (Å²) in [5, 5.41) is 4.50. The molecule has 2 aromatic rings. The van der Waals surface area contributed by atoms with Gasteiger partial charge in [-0.15, -0.1) is 0 Å². The van der Waals surface area contributed by atoms with Crippen LogP contribution in [0.25, 0.3) is 11.3 Å². The number of halogens is 1. The molecule has 2 heterocycles. The van der Waals surface area contributed by atoms with Crippen molar-refractivity contribution in [3.63, 3.8) is 0 Å². The topological polar surface area (TPSA) is 64.4 Å². The lowest BCUT2D eigenvalue weighted by atomic mass is 10.0. The first-order valence-corrected chi connectivity index (χ1v) is 9.85. The summed E-state index contributed by atoms with van der Waals surface area (Å²) in [6.07, 6.45) is 3.10. The number of piperidine rings is 1. The zero-order chi connectivity index (χ0) is 21.0. The number of aromatic nitrogens is 2. The lowest BCUT2D eigenvalue weighted by Crippen LogP contribution is -2.38.